The predicted octanol–water partition coefficient (Wildman–Crippen LogP) is 2.05. The number of aromatic nitrogens is 2. The average Bonchev–Trinajstić information content (AvgIpc) is 2.98. The summed E-state index contributed by atoms with van der Waals surface area (Å²) in [4.78, 5) is 14.7. The van der Waals surface area contributed by atoms with Crippen molar-refractivity contribution in [2.75, 3.05) is 30.4 Å². The van der Waals surface area contributed by atoms with Gasteiger partial charge in [-0.3, -0.25) is 9.89 Å². The maximum atomic E-state index is 12.4. The monoisotopic (exact) mass is 326 g/mol. The van der Waals surface area contributed by atoms with Gasteiger partial charge in [-0.25, -0.2) is 0 Å². The Morgan fingerprint density at radius 1 is 1.42 bits per heavy atom. The van der Waals surface area contributed by atoms with E-state index in [1.165, 1.54) is 17.7 Å². The summed E-state index contributed by atoms with van der Waals surface area (Å²) in [6.07, 6.45) is 3.42. The van der Waals surface area contributed by atoms with Crippen molar-refractivity contribution in [3.05, 3.63) is 40.6 Å². The van der Waals surface area contributed by atoms with Gasteiger partial charge in [0.05, 0.1) is 19.6 Å². The molecule has 6 heteroatoms. The zero-order valence-electron chi connectivity index (χ0n) is 13.9. The third-order valence-corrected chi connectivity index (χ3v) is 4.81. The minimum absolute atomic E-state index is 0.0426. The molecule has 2 aliphatic rings. The Labute approximate surface area is 141 Å². The Bertz CT molecular complexity index is 768. The van der Waals surface area contributed by atoms with Gasteiger partial charge in [0.1, 0.15) is 0 Å². The van der Waals surface area contributed by atoms with Crippen LogP contribution in [0.2, 0.25) is 0 Å². The van der Waals surface area contributed by atoms with Crippen LogP contribution in [0.1, 0.15) is 28.8 Å². The van der Waals surface area contributed by atoms with E-state index in [1.54, 1.807) is 0 Å². The van der Waals surface area contributed by atoms with Gasteiger partial charge in [-0.1, -0.05) is 12.1 Å². The lowest BCUT2D eigenvalue weighted by Gasteiger charge is -2.27. The van der Waals surface area contributed by atoms with Crippen LogP contribution < -0.4 is 10.2 Å². The SMILES string of the molecule is CN1CCCc2cc(CC(=O)Nc3n[nH]c4c3COCC4)ccc21. The quantitative estimate of drug-likeness (QED) is 0.906. The van der Waals surface area contributed by atoms with Crippen molar-refractivity contribution in [3.63, 3.8) is 0 Å². The smallest absolute Gasteiger partial charge is 0.230 e. The molecule has 1 amide bonds. The summed E-state index contributed by atoms with van der Waals surface area (Å²) in [5.41, 5.74) is 5.70. The molecule has 0 bridgehead atoms. The second kappa shape index (κ2) is 6.28. The lowest BCUT2D eigenvalue weighted by molar-refractivity contribution is -0.115. The second-order valence-corrected chi connectivity index (χ2v) is 6.55. The van der Waals surface area contributed by atoms with Crippen molar-refractivity contribution in [1.82, 2.24) is 10.2 Å². The molecular formula is C18H22N4O2. The van der Waals surface area contributed by atoms with Gasteiger partial charge in [0.25, 0.3) is 0 Å². The number of nitrogens with zero attached hydrogens (tertiary/aromatic N) is 2. The highest BCUT2D eigenvalue weighted by Gasteiger charge is 2.19. The van der Waals surface area contributed by atoms with Gasteiger partial charge in [0, 0.05) is 37.0 Å². The highest BCUT2D eigenvalue weighted by atomic mass is 16.5. The number of benzene rings is 1. The normalized spacial score (nSPS) is 16.5. The molecule has 2 aliphatic heterocycles. The lowest BCUT2D eigenvalue weighted by atomic mass is 9.98. The predicted molar refractivity (Wildman–Crippen MR) is 92.3 cm³/mol. The van der Waals surface area contributed by atoms with E-state index in [-0.39, 0.29) is 5.91 Å². The Morgan fingerprint density at radius 2 is 2.33 bits per heavy atom. The van der Waals surface area contributed by atoms with E-state index in [1.807, 2.05) is 6.07 Å². The number of carbonyl (C=O) groups is 1. The molecular weight excluding hydrogens is 304 g/mol. The maximum absolute atomic E-state index is 12.4. The number of hydrogen-bond acceptors (Lipinski definition) is 4. The highest BCUT2D eigenvalue weighted by molar-refractivity contribution is 5.92. The Kier molecular flexibility index (Phi) is 3.98. The van der Waals surface area contributed by atoms with Gasteiger partial charge in [-0.05, 0) is 30.0 Å². The first-order chi connectivity index (χ1) is 11.7. The van der Waals surface area contributed by atoms with Crippen LogP contribution in [-0.2, 0) is 35.4 Å². The van der Waals surface area contributed by atoms with Gasteiger partial charge in [-0.2, -0.15) is 5.10 Å². The molecule has 2 aromatic rings. The minimum Gasteiger partial charge on any atom is -0.376 e. The number of H-pyrrole nitrogens is 1. The second-order valence-electron chi connectivity index (χ2n) is 6.55. The molecule has 1 aromatic heterocycles. The largest absolute Gasteiger partial charge is 0.376 e. The number of hydrogen-bond donors (Lipinski definition) is 2. The molecule has 2 N–H and O–H groups in total. The van der Waals surface area contributed by atoms with E-state index in [4.69, 9.17) is 4.74 Å². The molecule has 1 aromatic carbocycles. The molecule has 4 rings (SSSR count). The van der Waals surface area contributed by atoms with E-state index in [2.05, 4.69) is 39.6 Å². The van der Waals surface area contributed by atoms with Crippen molar-refractivity contribution in [2.24, 2.45) is 0 Å². The van der Waals surface area contributed by atoms with Crippen molar-refractivity contribution in [3.8, 4) is 0 Å². The third-order valence-electron chi connectivity index (χ3n) is 4.81. The fourth-order valence-corrected chi connectivity index (χ4v) is 3.53. The first kappa shape index (κ1) is 15.2. The maximum Gasteiger partial charge on any atom is 0.230 e. The number of rotatable bonds is 3. The number of ether oxygens (including phenoxy) is 1. The van der Waals surface area contributed by atoms with Gasteiger partial charge in [-0.15, -0.1) is 0 Å². The number of nitrogens with one attached hydrogen (secondary N) is 2. The van der Waals surface area contributed by atoms with Gasteiger partial charge < -0.3 is 15.0 Å². The first-order valence-electron chi connectivity index (χ1n) is 8.47. The summed E-state index contributed by atoms with van der Waals surface area (Å²) in [6.45, 7) is 2.30. The summed E-state index contributed by atoms with van der Waals surface area (Å²) < 4.78 is 5.45. The van der Waals surface area contributed by atoms with Crippen molar-refractivity contribution in [1.29, 1.82) is 0 Å². The number of anilines is 2. The summed E-state index contributed by atoms with van der Waals surface area (Å²) in [5.74, 6) is 0.561. The molecule has 0 saturated carbocycles. The summed E-state index contributed by atoms with van der Waals surface area (Å²) in [6, 6.07) is 6.33. The van der Waals surface area contributed by atoms with Crippen LogP contribution in [-0.4, -0.2) is 36.3 Å². The van der Waals surface area contributed by atoms with E-state index in [9.17, 15) is 4.79 Å². The topological polar surface area (TPSA) is 70.2 Å². The highest BCUT2D eigenvalue weighted by Crippen LogP contribution is 2.27. The lowest BCUT2D eigenvalue weighted by Crippen LogP contribution is -2.25. The van der Waals surface area contributed by atoms with Gasteiger partial charge in [0.15, 0.2) is 5.82 Å². The molecule has 0 saturated heterocycles. The number of aryl methyl sites for hydroxylation is 1. The summed E-state index contributed by atoms with van der Waals surface area (Å²) in [5, 5.41) is 10.1. The molecule has 6 nitrogen and oxygen atoms in total. The van der Waals surface area contributed by atoms with Gasteiger partial charge in [0.2, 0.25) is 5.91 Å². The van der Waals surface area contributed by atoms with Crippen LogP contribution in [0.3, 0.4) is 0 Å². The first-order valence-corrected chi connectivity index (χ1v) is 8.47. The number of fused-ring (bicyclic) bond motifs is 2. The zero-order chi connectivity index (χ0) is 16.5. The van der Waals surface area contributed by atoms with Crippen molar-refractivity contribution < 1.29 is 9.53 Å². The van der Waals surface area contributed by atoms with Crippen LogP contribution in [0, 0.1) is 0 Å². The van der Waals surface area contributed by atoms with Gasteiger partial charge >= 0.3 is 0 Å². The zero-order valence-corrected chi connectivity index (χ0v) is 13.9. The van der Waals surface area contributed by atoms with Crippen molar-refractivity contribution in [2.45, 2.75) is 32.3 Å². The summed E-state index contributed by atoms with van der Waals surface area (Å²) >= 11 is 0. The fraction of sp³-hybridized carbons (Fsp3) is 0.444. The molecule has 0 atom stereocenters. The Balaban J connectivity index is 1.46. The van der Waals surface area contributed by atoms with E-state index >= 15 is 0 Å². The Morgan fingerprint density at radius 3 is 3.25 bits per heavy atom. The molecule has 0 radical (unpaired) electrons. The van der Waals surface area contributed by atoms with Crippen LogP contribution in [0.4, 0.5) is 11.5 Å². The molecule has 3 heterocycles. The van der Waals surface area contributed by atoms with Crippen LogP contribution >= 0.6 is 0 Å². The van der Waals surface area contributed by atoms with Crippen LogP contribution in [0.25, 0.3) is 0 Å². The van der Waals surface area contributed by atoms with Crippen LogP contribution in [0.5, 0.6) is 0 Å². The third kappa shape index (κ3) is 2.89. The fourth-order valence-electron chi connectivity index (χ4n) is 3.53. The summed E-state index contributed by atoms with van der Waals surface area (Å²) in [7, 11) is 2.12. The van der Waals surface area contributed by atoms with Crippen molar-refractivity contribution >= 4 is 17.4 Å². The van der Waals surface area contributed by atoms with E-state index < -0.39 is 0 Å². The standard InChI is InChI=1S/C18H22N4O2/c1-22-7-2-3-13-9-12(4-5-16(13)22)10-17(23)19-18-14-11-24-8-6-15(14)20-21-18/h4-5,9H,2-3,6-8,10-11H2,1H3,(H2,19,20,21,23). The molecule has 0 unspecified atom stereocenters. The van der Waals surface area contributed by atoms with Crippen LogP contribution in [0.15, 0.2) is 18.2 Å². The number of carbonyl (C=O) groups excluding carboxylic acids is 1. The minimum atomic E-state index is -0.0426. The average molecular weight is 326 g/mol. The number of aromatic amines is 1. The Hall–Kier alpha value is -2.34. The van der Waals surface area contributed by atoms with E-state index in [0.717, 1.165) is 36.2 Å². The molecule has 0 aliphatic carbocycles. The molecule has 24 heavy (non-hydrogen) atoms. The molecule has 126 valence electrons. The van der Waals surface area contributed by atoms with E-state index in [0.29, 0.717) is 25.5 Å². The molecule has 0 spiro atoms. The number of amides is 1. The molecule has 0 fully saturated rings.